The Morgan fingerprint density at radius 2 is 1.91 bits per heavy atom. The standard InChI is InChI=1S/C15H13N3O2S2/c1-8-3-4-10-12(7-8)22-15(17-10)18-14(20)11-5-6-13(21-11)16-9(2)19/h3-7H,1-2H3,(H,16,19)(H,17,18,20). The molecule has 0 saturated heterocycles. The Labute approximate surface area is 135 Å². The van der Waals surface area contributed by atoms with Crippen LogP contribution in [0, 0.1) is 6.92 Å². The number of amides is 2. The maximum absolute atomic E-state index is 12.2. The number of nitrogens with one attached hydrogen (secondary N) is 2. The van der Waals surface area contributed by atoms with Gasteiger partial charge in [-0.2, -0.15) is 0 Å². The van der Waals surface area contributed by atoms with Crippen molar-refractivity contribution in [3.05, 3.63) is 40.8 Å². The van der Waals surface area contributed by atoms with Gasteiger partial charge in [0.15, 0.2) is 5.13 Å². The molecule has 0 bridgehead atoms. The summed E-state index contributed by atoms with van der Waals surface area (Å²) in [5, 5.41) is 6.68. The number of aromatic nitrogens is 1. The first-order chi connectivity index (χ1) is 10.5. The first kappa shape index (κ1) is 14.7. The van der Waals surface area contributed by atoms with E-state index in [0.29, 0.717) is 15.0 Å². The molecule has 2 amide bonds. The van der Waals surface area contributed by atoms with Crippen LogP contribution < -0.4 is 10.6 Å². The van der Waals surface area contributed by atoms with Gasteiger partial charge in [0.2, 0.25) is 5.91 Å². The van der Waals surface area contributed by atoms with E-state index in [9.17, 15) is 9.59 Å². The van der Waals surface area contributed by atoms with Crippen molar-refractivity contribution in [1.29, 1.82) is 0 Å². The fourth-order valence-corrected chi connectivity index (χ4v) is 3.75. The smallest absolute Gasteiger partial charge is 0.267 e. The van der Waals surface area contributed by atoms with Crippen LogP contribution in [-0.2, 0) is 4.79 Å². The summed E-state index contributed by atoms with van der Waals surface area (Å²) in [6, 6.07) is 9.37. The molecule has 2 aromatic heterocycles. The highest BCUT2D eigenvalue weighted by molar-refractivity contribution is 7.22. The van der Waals surface area contributed by atoms with Gasteiger partial charge in [0.05, 0.1) is 20.1 Å². The van der Waals surface area contributed by atoms with Crippen LogP contribution in [0.4, 0.5) is 10.1 Å². The lowest BCUT2D eigenvalue weighted by Crippen LogP contribution is -2.09. The number of nitrogens with zero attached hydrogens (tertiary/aromatic N) is 1. The molecule has 0 aliphatic heterocycles. The third kappa shape index (κ3) is 3.15. The molecular formula is C15H13N3O2S2. The van der Waals surface area contributed by atoms with Crippen molar-refractivity contribution in [2.45, 2.75) is 13.8 Å². The zero-order chi connectivity index (χ0) is 15.7. The summed E-state index contributed by atoms with van der Waals surface area (Å²) in [4.78, 5) is 28.1. The highest BCUT2D eigenvalue weighted by atomic mass is 32.1. The molecular weight excluding hydrogens is 318 g/mol. The van der Waals surface area contributed by atoms with Crippen molar-refractivity contribution < 1.29 is 9.59 Å². The van der Waals surface area contributed by atoms with Crippen molar-refractivity contribution >= 4 is 54.8 Å². The SMILES string of the molecule is CC(=O)Nc1ccc(C(=O)Nc2nc3ccc(C)cc3s2)s1. The highest BCUT2D eigenvalue weighted by Gasteiger charge is 2.12. The Morgan fingerprint density at radius 1 is 1.09 bits per heavy atom. The van der Waals surface area contributed by atoms with E-state index in [1.807, 2.05) is 25.1 Å². The second kappa shape index (κ2) is 5.86. The minimum Gasteiger partial charge on any atom is -0.318 e. The van der Waals surface area contributed by atoms with Crippen molar-refractivity contribution in [2.75, 3.05) is 10.6 Å². The van der Waals surface area contributed by atoms with E-state index in [1.54, 1.807) is 12.1 Å². The normalized spacial score (nSPS) is 10.6. The van der Waals surface area contributed by atoms with E-state index in [2.05, 4.69) is 15.6 Å². The number of aryl methyl sites for hydroxylation is 1. The van der Waals surface area contributed by atoms with E-state index < -0.39 is 0 Å². The second-order valence-electron chi connectivity index (χ2n) is 4.79. The third-order valence-electron chi connectivity index (χ3n) is 2.89. The van der Waals surface area contributed by atoms with Crippen LogP contribution >= 0.6 is 22.7 Å². The van der Waals surface area contributed by atoms with Crippen molar-refractivity contribution in [1.82, 2.24) is 4.98 Å². The van der Waals surface area contributed by atoms with Gasteiger partial charge >= 0.3 is 0 Å². The van der Waals surface area contributed by atoms with Gasteiger partial charge in [-0.25, -0.2) is 4.98 Å². The van der Waals surface area contributed by atoms with Gasteiger partial charge in [0.1, 0.15) is 0 Å². The van der Waals surface area contributed by atoms with Crippen molar-refractivity contribution in [3.63, 3.8) is 0 Å². The van der Waals surface area contributed by atoms with Crippen LogP contribution in [-0.4, -0.2) is 16.8 Å². The summed E-state index contributed by atoms with van der Waals surface area (Å²) in [6.07, 6.45) is 0. The molecule has 112 valence electrons. The molecule has 5 nitrogen and oxygen atoms in total. The van der Waals surface area contributed by atoms with Gasteiger partial charge in [0.25, 0.3) is 5.91 Å². The molecule has 0 atom stereocenters. The van der Waals surface area contributed by atoms with Gasteiger partial charge in [-0.1, -0.05) is 17.4 Å². The molecule has 2 N–H and O–H groups in total. The number of thiazole rings is 1. The topological polar surface area (TPSA) is 71.1 Å². The first-order valence-corrected chi connectivity index (χ1v) is 8.20. The summed E-state index contributed by atoms with van der Waals surface area (Å²) in [7, 11) is 0. The molecule has 0 spiro atoms. The number of carbonyl (C=O) groups excluding carboxylic acids is 2. The minimum absolute atomic E-state index is 0.157. The Kier molecular flexibility index (Phi) is 3.91. The fraction of sp³-hybridized carbons (Fsp3) is 0.133. The Hall–Kier alpha value is -2.25. The summed E-state index contributed by atoms with van der Waals surface area (Å²) < 4.78 is 1.04. The van der Waals surface area contributed by atoms with Crippen molar-refractivity contribution in [3.8, 4) is 0 Å². The van der Waals surface area contributed by atoms with Gasteiger partial charge in [-0.3, -0.25) is 14.9 Å². The third-order valence-corrected chi connectivity index (χ3v) is 4.83. The molecule has 0 aliphatic carbocycles. The van der Waals surface area contributed by atoms with Gasteiger partial charge < -0.3 is 5.32 Å². The summed E-state index contributed by atoms with van der Waals surface area (Å²) in [6.45, 7) is 3.45. The number of hydrogen-bond donors (Lipinski definition) is 2. The molecule has 0 fully saturated rings. The lowest BCUT2D eigenvalue weighted by molar-refractivity contribution is -0.114. The predicted octanol–water partition coefficient (Wildman–Crippen LogP) is 3.88. The van der Waals surface area contributed by atoms with Gasteiger partial charge in [-0.15, -0.1) is 11.3 Å². The quantitative estimate of drug-likeness (QED) is 0.765. The first-order valence-electron chi connectivity index (χ1n) is 6.57. The number of anilines is 2. The molecule has 2 heterocycles. The van der Waals surface area contributed by atoms with E-state index in [4.69, 9.17) is 0 Å². The number of carbonyl (C=O) groups is 2. The molecule has 0 unspecified atom stereocenters. The Balaban J connectivity index is 1.77. The Bertz CT molecular complexity index is 867. The van der Waals surface area contributed by atoms with Crippen molar-refractivity contribution in [2.24, 2.45) is 0 Å². The van der Waals surface area contributed by atoms with Crippen LogP contribution in [0.5, 0.6) is 0 Å². The van der Waals surface area contributed by atoms with Gasteiger partial charge in [0, 0.05) is 6.92 Å². The number of benzene rings is 1. The van der Waals surface area contributed by atoms with E-state index in [1.165, 1.54) is 29.6 Å². The molecule has 7 heteroatoms. The minimum atomic E-state index is -0.225. The molecule has 0 saturated carbocycles. The molecule has 3 aromatic rings. The largest absolute Gasteiger partial charge is 0.318 e. The number of fused-ring (bicyclic) bond motifs is 1. The van der Waals surface area contributed by atoms with E-state index in [0.717, 1.165) is 15.8 Å². The molecule has 3 rings (SSSR count). The summed E-state index contributed by atoms with van der Waals surface area (Å²) >= 11 is 2.67. The van der Waals surface area contributed by atoms with Crippen LogP contribution in [0.15, 0.2) is 30.3 Å². The summed E-state index contributed by atoms with van der Waals surface area (Å²) in [5.74, 6) is -0.382. The monoisotopic (exact) mass is 331 g/mol. The van der Waals surface area contributed by atoms with Crippen LogP contribution in [0.1, 0.15) is 22.2 Å². The highest BCUT2D eigenvalue weighted by Crippen LogP contribution is 2.28. The average Bonchev–Trinajstić information content (AvgIpc) is 3.03. The van der Waals surface area contributed by atoms with Crippen LogP contribution in [0.2, 0.25) is 0 Å². The van der Waals surface area contributed by atoms with E-state index >= 15 is 0 Å². The lowest BCUT2D eigenvalue weighted by atomic mass is 10.2. The van der Waals surface area contributed by atoms with Crippen LogP contribution in [0.3, 0.4) is 0 Å². The predicted molar refractivity (Wildman–Crippen MR) is 90.9 cm³/mol. The lowest BCUT2D eigenvalue weighted by Gasteiger charge is -1.98. The van der Waals surface area contributed by atoms with Gasteiger partial charge in [-0.05, 0) is 36.8 Å². The van der Waals surface area contributed by atoms with E-state index in [-0.39, 0.29) is 11.8 Å². The zero-order valence-corrected chi connectivity index (χ0v) is 13.6. The maximum atomic E-state index is 12.2. The van der Waals surface area contributed by atoms with Crippen LogP contribution in [0.25, 0.3) is 10.2 Å². The molecule has 0 aliphatic rings. The molecule has 1 aromatic carbocycles. The fourth-order valence-electron chi connectivity index (χ4n) is 1.94. The number of hydrogen-bond acceptors (Lipinski definition) is 5. The summed E-state index contributed by atoms with van der Waals surface area (Å²) in [5.41, 5.74) is 2.03. The molecule has 0 radical (unpaired) electrons. The molecule has 22 heavy (non-hydrogen) atoms. The Morgan fingerprint density at radius 3 is 2.68 bits per heavy atom. The second-order valence-corrected chi connectivity index (χ2v) is 6.90. The number of rotatable bonds is 3. The average molecular weight is 331 g/mol. The number of thiophene rings is 1. The zero-order valence-electron chi connectivity index (χ0n) is 12.0. The maximum Gasteiger partial charge on any atom is 0.267 e.